The Hall–Kier alpha value is -3.02. The molecule has 0 heterocycles. The quantitative estimate of drug-likeness (QED) is 0.191. The molecule has 0 aromatic heterocycles. The van der Waals surface area contributed by atoms with E-state index in [0.717, 1.165) is 33.4 Å². The fourth-order valence-corrected chi connectivity index (χ4v) is 3.22. The van der Waals surface area contributed by atoms with E-state index in [9.17, 15) is 14.3 Å². The van der Waals surface area contributed by atoms with Gasteiger partial charge in [-0.05, 0) is 51.9 Å². The summed E-state index contributed by atoms with van der Waals surface area (Å²) >= 11 is 0. The molecule has 0 bridgehead atoms. The van der Waals surface area contributed by atoms with Gasteiger partial charge in [-0.25, -0.2) is 9.18 Å². The lowest BCUT2D eigenvalue weighted by atomic mass is 9.97. The Kier molecular flexibility index (Phi) is 6.75. The van der Waals surface area contributed by atoms with Crippen LogP contribution in [0.2, 0.25) is 0 Å². The molecule has 0 spiro atoms. The van der Waals surface area contributed by atoms with Crippen LogP contribution in [0, 0.1) is 5.82 Å². The average molecular weight is 394 g/mol. The summed E-state index contributed by atoms with van der Waals surface area (Å²) in [6, 6.07) is 13.0. The molecule has 0 aliphatic rings. The van der Waals surface area contributed by atoms with Crippen LogP contribution in [0.5, 0.6) is 0 Å². The van der Waals surface area contributed by atoms with Gasteiger partial charge in [0.15, 0.2) is 6.29 Å². The number of fused-ring (bicyclic) bond motifs is 3. The zero-order valence-corrected chi connectivity index (χ0v) is 16.1. The second-order valence-corrected chi connectivity index (χ2v) is 6.66. The fourth-order valence-electron chi connectivity index (χ4n) is 3.22. The molecular formula is C24H23FO4. The van der Waals surface area contributed by atoms with Crippen LogP contribution in [-0.4, -0.2) is 30.6 Å². The van der Waals surface area contributed by atoms with E-state index in [0.29, 0.717) is 24.8 Å². The summed E-state index contributed by atoms with van der Waals surface area (Å²) in [5.41, 5.74) is 1.88. The zero-order chi connectivity index (χ0) is 20.8. The molecule has 0 aliphatic heterocycles. The van der Waals surface area contributed by atoms with Gasteiger partial charge in [0.25, 0.3) is 0 Å². The monoisotopic (exact) mass is 394 g/mol. The number of carbonyl (C=O) groups is 1. The molecule has 150 valence electrons. The van der Waals surface area contributed by atoms with Crippen molar-refractivity contribution in [2.24, 2.45) is 0 Å². The molecule has 0 radical (unpaired) electrons. The van der Waals surface area contributed by atoms with Gasteiger partial charge in [-0.15, -0.1) is 0 Å². The first-order valence-corrected chi connectivity index (χ1v) is 9.37. The standard InChI is InChI=1S/C24H23FO4/c1-3-23(26)28-11-9-16-5-7-19-18(13-16)15-22(25)21-14-17(6-8-20(19)21)10-12-29-24(27)4-2/h3-8,13-15,23,26H,1-2,9-12H2. The van der Waals surface area contributed by atoms with E-state index in [2.05, 4.69) is 13.2 Å². The number of aliphatic hydroxyl groups excluding tert-OH is 1. The van der Waals surface area contributed by atoms with Crippen LogP contribution >= 0.6 is 0 Å². The summed E-state index contributed by atoms with van der Waals surface area (Å²) in [6.07, 6.45) is 2.56. The predicted octanol–water partition coefficient (Wildman–Crippen LogP) is 4.47. The molecule has 0 fully saturated rings. The van der Waals surface area contributed by atoms with Gasteiger partial charge in [0.2, 0.25) is 0 Å². The highest BCUT2D eigenvalue weighted by Crippen LogP contribution is 2.30. The summed E-state index contributed by atoms with van der Waals surface area (Å²) in [7, 11) is 0. The number of hydrogen-bond donors (Lipinski definition) is 1. The van der Waals surface area contributed by atoms with Crippen molar-refractivity contribution >= 4 is 27.5 Å². The van der Waals surface area contributed by atoms with Crippen LogP contribution in [-0.2, 0) is 27.1 Å². The summed E-state index contributed by atoms with van der Waals surface area (Å²) in [6.45, 7) is 7.37. The molecule has 1 unspecified atom stereocenters. The lowest BCUT2D eigenvalue weighted by molar-refractivity contribution is -0.137. The van der Waals surface area contributed by atoms with Gasteiger partial charge in [-0.3, -0.25) is 0 Å². The van der Waals surface area contributed by atoms with Crippen LogP contribution < -0.4 is 0 Å². The third-order valence-corrected chi connectivity index (χ3v) is 4.71. The first-order valence-electron chi connectivity index (χ1n) is 9.37. The molecule has 5 heteroatoms. The van der Waals surface area contributed by atoms with Gasteiger partial charge in [0.05, 0.1) is 13.2 Å². The first-order chi connectivity index (χ1) is 14.0. The van der Waals surface area contributed by atoms with Crippen molar-refractivity contribution in [3.05, 3.63) is 84.7 Å². The van der Waals surface area contributed by atoms with Gasteiger partial charge in [-0.2, -0.15) is 0 Å². The van der Waals surface area contributed by atoms with Crippen molar-refractivity contribution in [2.75, 3.05) is 13.2 Å². The maximum absolute atomic E-state index is 14.8. The molecular weight excluding hydrogens is 371 g/mol. The van der Waals surface area contributed by atoms with E-state index >= 15 is 0 Å². The molecule has 0 saturated carbocycles. The van der Waals surface area contributed by atoms with Crippen LogP contribution in [0.3, 0.4) is 0 Å². The normalized spacial score (nSPS) is 12.1. The molecule has 0 saturated heterocycles. The highest BCUT2D eigenvalue weighted by molar-refractivity contribution is 6.08. The highest BCUT2D eigenvalue weighted by Gasteiger charge is 2.09. The van der Waals surface area contributed by atoms with Gasteiger partial charge >= 0.3 is 5.97 Å². The third-order valence-electron chi connectivity index (χ3n) is 4.71. The number of esters is 1. The Labute approximate surface area is 168 Å². The SMILES string of the molecule is C=CC(=O)OCCc1ccc2c(c1)c(F)cc1cc(CCOC(O)C=C)ccc12. The second-order valence-electron chi connectivity index (χ2n) is 6.66. The van der Waals surface area contributed by atoms with E-state index in [4.69, 9.17) is 9.47 Å². The van der Waals surface area contributed by atoms with Crippen molar-refractivity contribution in [1.82, 2.24) is 0 Å². The van der Waals surface area contributed by atoms with Gasteiger partial charge in [0, 0.05) is 17.9 Å². The smallest absolute Gasteiger partial charge is 0.330 e. The first kappa shape index (κ1) is 20.7. The van der Waals surface area contributed by atoms with Crippen LogP contribution in [0.4, 0.5) is 4.39 Å². The van der Waals surface area contributed by atoms with Crippen molar-refractivity contribution in [3.8, 4) is 0 Å². The Bertz CT molecular complexity index is 1060. The van der Waals surface area contributed by atoms with Gasteiger partial charge in [0.1, 0.15) is 5.82 Å². The lowest BCUT2D eigenvalue weighted by Gasteiger charge is -2.11. The maximum Gasteiger partial charge on any atom is 0.330 e. The Morgan fingerprint density at radius 2 is 1.69 bits per heavy atom. The molecule has 1 N–H and O–H groups in total. The number of aliphatic hydroxyl groups is 1. The topological polar surface area (TPSA) is 55.8 Å². The summed E-state index contributed by atoms with van der Waals surface area (Å²) < 4.78 is 25.0. The van der Waals surface area contributed by atoms with E-state index < -0.39 is 12.3 Å². The van der Waals surface area contributed by atoms with Gasteiger partial charge < -0.3 is 14.6 Å². The number of halogens is 1. The molecule has 3 aromatic carbocycles. The fraction of sp³-hybridized carbons (Fsp3) is 0.208. The van der Waals surface area contributed by atoms with E-state index in [-0.39, 0.29) is 12.4 Å². The Morgan fingerprint density at radius 1 is 1.00 bits per heavy atom. The molecule has 0 amide bonds. The third kappa shape index (κ3) is 5.08. The largest absolute Gasteiger partial charge is 0.462 e. The van der Waals surface area contributed by atoms with Crippen molar-refractivity contribution in [1.29, 1.82) is 0 Å². The minimum atomic E-state index is -0.980. The summed E-state index contributed by atoms with van der Waals surface area (Å²) in [4.78, 5) is 11.1. The number of hydrogen-bond acceptors (Lipinski definition) is 4. The number of rotatable bonds is 9. The molecule has 3 rings (SSSR count). The number of ether oxygens (including phenoxy) is 2. The highest BCUT2D eigenvalue weighted by atomic mass is 19.1. The van der Waals surface area contributed by atoms with Gasteiger partial charge in [-0.1, -0.05) is 43.5 Å². The predicted molar refractivity (Wildman–Crippen MR) is 112 cm³/mol. The minimum absolute atomic E-state index is 0.220. The lowest BCUT2D eigenvalue weighted by Crippen LogP contribution is -2.10. The van der Waals surface area contributed by atoms with Crippen molar-refractivity contribution in [3.63, 3.8) is 0 Å². The summed E-state index contributed by atoms with van der Waals surface area (Å²) in [5.74, 6) is -0.768. The number of benzene rings is 3. The average Bonchev–Trinajstić information content (AvgIpc) is 2.73. The zero-order valence-electron chi connectivity index (χ0n) is 16.1. The van der Waals surface area contributed by atoms with Crippen molar-refractivity contribution < 1.29 is 23.8 Å². The minimum Gasteiger partial charge on any atom is -0.462 e. The maximum atomic E-state index is 14.8. The van der Waals surface area contributed by atoms with Crippen molar-refractivity contribution in [2.45, 2.75) is 19.1 Å². The number of carbonyl (C=O) groups excluding carboxylic acids is 1. The van der Waals surface area contributed by atoms with Crippen LogP contribution in [0.25, 0.3) is 21.5 Å². The molecule has 3 aromatic rings. The molecule has 29 heavy (non-hydrogen) atoms. The van der Waals surface area contributed by atoms with E-state index in [1.54, 1.807) is 6.07 Å². The second kappa shape index (κ2) is 9.45. The Balaban J connectivity index is 1.82. The summed E-state index contributed by atoms with van der Waals surface area (Å²) in [5, 5.41) is 12.5. The van der Waals surface area contributed by atoms with E-state index in [1.165, 1.54) is 12.1 Å². The molecule has 1 atom stereocenters. The molecule has 4 nitrogen and oxygen atoms in total. The van der Waals surface area contributed by atoms with Crippen LogP contribution in [0.1, 0.15) is 11.1 Å². The Morgan fingerprint density at radius 3 is 2.41 bits per heavy atom. The van der Waals surface area contributed by atoms with Crippen LogP contribution in [0.15, 0.2) is 67.8 Å². The van der Waals surface area contributed by atoms with E-state index in [1.807, 2.05) is 30.3 Å². The molecule has 0 aliphatic carbocycles.